The molecule has 108 valence electrons. The highest BCUT2D eigenvalue weighted by molar-refractivity contribution is 9.10. The molecule has 0 fully saturated rings. The maximum absolute atomic E-state index is 13.5. The summed E-state index contributed by atoms with van der Waals surface area (Å²) in [5, 5.41) is 3.01. The Balaban J connectivity index is 2.78. The third kappa shape index (κ3) is 4.79. The van der Waals surface area contributed by atoms with Crippen LogP contribution < -0.4 is 10.0 Å². The molecule has 0 aromatic heterocycles. The van der Waals surface area contributed by atoms with Gasteiger partial charge in [-0.25, -0.2) is 21.9 Å². The van der Waals surface area contributed by atoms with E-state index in [1.807, 2.05) is 6.92 Å². The molecule has 0 amide bonds. The van der Waals surface area contributed by atoms with E-state index in [1.165, 1.54) is 0 Å². The molecule has 19 heavy (non-hydrogen) atoms. The molecule has 0 aliphatic rings. The van der Waals surface area contributed by atoms with Gasteiger partial charge in [-0.05, 0) is 35.0 Å². The quantitative estimate of drug-likeness (QED) is 0.734. The van der Waals surface area contributed by atoms with Gasteiger partial charge in [0, 0.05) is 23.6 Å². The van der Waals surface area contributed by atoms with Crippen LogP contribution in [0.4, 0.5) is 8.78 Å². The van der Waals surface area contributed by atoms with Gasteiger partial charge in [-0.1, -0.05) is 6.92 Å². The lowest BCUT2D eigenvalue weighted by Crippen LogP contribution is -2.32. The molecule has 0 aliphatic heterocycles. The molecule has 0 saturated carbocycles. The summed E-state index contributed by atoms with van der Waals surface area (Å²) in [5.74, 6) is -1.96. The predicted octanol–water partition coefficient (Wildman–Crippen LogP) is 2.01. The summed E-state index contributed by atoms with van der Waals surface area (Å²) in [6.07, 6.45) is 0.935. The molecule has 1 aromatic carbocycles. The van der Waals surface area contributed by atoms with Gasteiger partial charge >= 0.3 is 0 Å². The summed E-state index contributed by atoms with van der Waals surface area (Å²) in [6, 6.07) is 1.45. The van der Waals surface area contributed by atoms with Crippen LogP contribution in [0.25, 0.3) is 0 Å². The molecule has 2 N–H and O–H groups in total. The highest BCUT2D eigenvalue weighted by Crippen LogP contribution is 2.25. The zero-order chi connectivity index (χ0) is 14.5. The monoisotopic (exact) mass is 356 g/mol. The third-order valence-corrected chi connectivity index (χ3v) is 4.68. The van der Waals surface area contributed by atoms with Crippen LogP contribution in [0.3, 0.4) is 0 Å². The van der Waals surface area contributed by atoms with Gasteiger partial charge in [0.25, 0.3) is 0 Å². The van der Waals surface area contributed by atoms with Crippen molar-refractivity contribution in [3.05, 3.63) is 28.2 Å². The van der Waals surface area contributed by atoms with E-state index in [0.717, 1.165) is 19.0 Å². The first-order chi connectivity index (χ1) is 8.88. The molecule has 0 unspecified atom stereocenters. The summed E-state index contributed by atoms with van der Waals surface area (Å²) < 4.78 is 52.3. The SMILES string of the molecule is CCCNCCNS(=O)(=O)c1c(F)cc(F)cc1Br. The van der Waals surface area contributed by atoms with Crippen LogP contribution in [0.15, 0.2) is 21.5 Å². The number of rotatable bonds is 7. The second kappa shape index (κ2) is 7.28. The minimum absolute atomic E-state index is 0.131. The van der Waals surface area contributed by atoms with Gasteiger partial charge in [0.15, 0.2) is 0 Å². The lowest BCUT2D eigenvalue weighted by atomic mass is 10.3. The third-order valence-electron chi connectivity index (χ3n) is 2.25. The highest BCUT2D eigenvalue weighted by atomic mass is 79.9. The number of halogens is 3. The number of nitrogens with one attached hydrogen (secondary N) is 2. The Morgan fingerprint density at radius 3 is 2.47 bits per heavy atom. The van der Waals surface area contributed by atoms with Crippen LogP contribution in [-0.2, 0) is 10.0 Å². The first kappa shape index (κ1) is 16.5. The van der Waals surface area contributed by atoms with Crippen LogP contribution in [-0.4, -0.2) is 28.1 Å². The lowest BCUT2D eigenvalue weighted by molar-refractivity contribution is 0.539. The average molecular weight is 357 g/mol. The molecule has 0 saturated heterocycles. The fourth-order valence-electron chi connectivity index (χ4n) is 1.43. The Kier molecular flexibility index (Phi) is 6.31. The maximum Gasteiger partial charge on any atom is 0.244 e. The van der Waals surface area contributed by atoms with Gasteiger partial charge < -0.3 is 5.32 Å². The van der Waals surface area contributed by atoms with Gasteiger partial charge in [0.05, 0.1) is 0 Å². The van der Waals surface area contributed by atoms with Gasteiger partial charge in [-0.2, -0.15) is 0 Å². The van der Waals surface area contributed by atoms with E-state index < -0.39 is 26.6 Å². The normalized spacial score (nSPS) is 11.8. The predicted molar refractivity (Wildman–Crippen MR) is 72.4 cm³/mol. The standard InChI is InChI=1S/C11H15BrF2N2O2S/c1-2-3-15-4-5-16-19(17,18)11-9(12)6-8(13)7-10(11)14/h6-7,15-16H,2-5H2,1H3. The van der Waals surface area contributed by atoms with Crippen molar-refractivity contribution in [3.63, 3.8) is 0 Å². The van der Waals surface area contributed by atoms with Crippen LogP contribution in [0, 0.1) is 11.6 Å². The van der Waals surface area contributed by atoms with E-state index in [-0.39, 0.29) is 11.0 Å². The molecule has 0 spiro atoms. The minimum atomic E-state index is -4.00. The fourth-order valence-corrected chi connectivity index (χ4v) is 3.63. The molecule has 1 aromatic rings. The fraction of sp³-hybridized carbons (Fsp3) is 0.455. The molecule has 0 atom stereocenters. The summed E-state index contributed by atoms with van der Waals surface area (Å²) in [5.41, 5.74) is 0. The summed E-state index contributed by atoms with van der Waals surface area (Å²) in [6.45, 7) is 3.33. The first-order valence-electron chi connectivity index (χ1n) is 5.73. The molecule has 1 rings (SSSR count). The van der Waals surface area contributed by atoms with Crippen molar-refractivity contribution in [2.24, 2.45) is 0 Å². The van der Waals surface area contributed by atoms with Gasteiger partial charge in [0.1, 0.15) is 16.5 Å². The molecule has 0 bridgehead atoms. The first-order valence-corrected chi connectivity index (χ1v) is 8.01. The number of sulfonamides is 1. The Bertz CT molecular complexity index is 514. The van der Waals surface area contributed by atoms with Crippen LogP contribution >= 0.6 is 15.9 Å². The Morgan fingerprint density at radius 1 is 1.21 bits per heavy atom. The van der Waals surface area contributed by atoms with Crippen LogP contribution in [0.1, 0.15) is 13.3 Å². The smallest absolute Gasteiger partial charge is 0.244 e. The minimum Gasteiger partial charge on any atom is -0.315 e. The number of hydrogen-bond acceptors (Lipinski definition) is 3. The molecule has 0 heterocycles. The van der Waals surface area contributed by atoms with Crippen molar-refractivity contribution >= 4 is 26.0 Å². The van der Waals surface area contributed by atoms with E-state index in [9.17, 15) is 17.2 Å². The van der Waals surface area contributed by atoms with E-state index >= 15 is 0 Å². The summed E-state index contributed by atoms with van der Waals surface area (Å²) in [7, 11) is -4.00. The molecule has 8 heteroatoms. The number of hydrogen-bond donors (Lipinski definition) is 2. The molecule has 4 nitrogen and oxygen atoms in total. The van der Waals surface area contributed by atoms with Crippen molar-refractivity contribution in [1.29, 1.82) is 0 Å². The molecule has 0 aliphatic carbocycles. The zero-order valence-corrected chi connectivity index (χ0v) is 12.7. The average Bonchev–Trinajstić information content (AvgIpc) is 2.26. The highest BCUT2D eigenvalue weighted by Gasteiger charge is 2.23. The summed E-state index contributed by atoms with van der Waals surface area (Å²) >= 11 is 2.85. The topological polar surface area (TPSA) is 58.2 Å². The number of benzene rings is 1. The van der Waals surface area contributed by atoms with Crippen molar-refractivity contribution < 1.29 is 17.2 Å². The van der Waals surface area contributed by atoms with E-state index in [2.05, 4.69) is 26.0 Å². The Morgan fingerprint density at radius 2 is 1.89 bits per heavy atom. The van der Waals surface area contributed by atoms with Crippen molar-refractivity contribution in [2.45, 2.75) is 18.2 Å². The van der Waals surface area contributed by atoms with E-state index in [1.54, 1.807) is 0 Å². The maximum atomic E-state index is 13.5. The van der Waals surface area contributed by atoms with Gasteiger partial charge in [-0.3, -0.25) is 0 Å². The summed E-state index contributed by atoms with van der Waals surface area (Å²) in [4.78, 5) is -0.579. The largest absolute Gasteiger partial charge is 0.315 e. The van der Waals surface area contributed by atoms with Crippen molar-refractivity contribution in [1.82, 2.24) is 10.0 Å². The van der Waals surface area contributed by atoms with E-state index in [0.29, 0.717) is 12.6 Å². The van der Waals surface area contributed by atoms with Crippen molar-refractivity contribution in [3.8, 4) is 0 Å². The second-order valence-corrected chi connectivity index (χ2v) is 6.40. The second-order valence-electron chi connectivity index (χ2n) is 3.85. The van der Waals surface area contributed by atoms with E-state index in [4.69, 9.17) is 0 Å². The molecule has 0 radical (unpaired) electrons. The van der Waals surface area contributed by atoms with Crippen LogP contribution in [0.5, 0.6) is 0 Å². The van der Waals surface area contributed by atoms with Crippen molar-refractivity contribution in [2.75, 3.05) is 19.6 Å². The lowest BCUT2D eigenvalue weighted by Gasteiger charge is -2.10. The van der Waals surface area contributed by atoms with Crippen LogP contribution in [0.2, 0.25) is 0 Å². The molecular formula is C11H15BrF2N2O2S. The Hall–Kier alpha value is -0.570. The van der Waals surface area contributed by atoms with Gasteiger partial charge in [0.2, 0.25) is 10.0 Å². The van der Waals surface area contributed by atoms with Gasteiger partial charge in [-0.15, -0.1) is 0 Å². The Labute approximate surface area is 119 Å². The molecular weight excluding hydrogens is 342 g/mol. The zero-order valence-electron chi connectivity index (χ0n) is 10.3.